The van der Waals surface area contributed by atoms with Crippen LogP contribution in [0.3, 0.4) is 0 Å². The number of ketones is 1. The minimum Gasteiger partial charge on any atom is -0.496 e. The van der Waals surface area contributed by atoms with E-state index >= 15 is 0 Å². The summed E-state index contributed by atoms with van der Waals surface area (Å²) in [6.07, 6.45) is -2.58. The Labute approximate surface area is 143 Å². The number of nitrogens with zero attached hydrogens (tertiary/aromatic N) is 1. The SMILES string of the molecule is CCC(=O)c1ccc(OC)c(-c2cc(C(F)(F)F)cc3c2C=NC3)c1. The first kappa shape index (κ1) is 17.2. The van der Waals surface area contributed by atoms with Gasteiger partial charge in [-0.05, 0) is 41.5 Å². The van der Waals surface area contributed by atoms with Gasteiger partial charge in [0.15, 0.2) is 5.78 Å². The monoisotopic (exact) mass is 347 g/mol. The molecule has 0 aromatic heterocycles. The van der Waals surface area contributed by atoms with Gasteiger partial charge in [-0.25, -0.2) is 0 Å². The highest BCUT2D eigenvalue weighted by atomic mass is 19.4. The molecule has 0 fully saturated rings. The van der Waals surface area contributed by atoms with E-state index in [0.29, 0.717) is 40.0 Å². The van der Waals surface area contributed by atoms with Gasteiger partial charge in [0.05, 0.1) is 19.2 Å². The van der Waals surface area contributed by atoms with Crippen LogP contribution in [0.2, 0.25) is 0 Å². The number of aliphatic imine (C=N–C) groups is 1. The molecule has 0 saturated heterocycles. The Morgan fingerprint density at radius 2 is 1.96 bits per heavy atom. The molecule has 1 aliphatic rings. The van der Waals surface area contributed by atoms with E-state index in [2.05, 4.69) is 4.99 Å². The van der Waals surface area contributed by atoms with Crippen molar-refractivity contribution in [2.45, 2.75) is 26.1 Å². The van der Waals surface area contributed by atoms with E-state index in [4.69, 9.17) is 4.74 Å². The van der Waals surface area contributed by atoms with Gasteiger partial charge in [-0.3, -0.25) is 9.79 Å². The van der Waals surface area contributed by atoms with E-state index in [1.165, 1.54) is 7.11 Å². The van der Waals surface area contributed by atoms with Gasteiger partial charge < -0.3 is 4.74 Å². The lowest BCUT2D eigenvalue weighted by molar-refractivity contribution is -0.137. The predicted octanol–water partition coefficient (Wildman–Crippen LogP) is 4.91. The van der Waals surface area contributed by atoms with Gasteiger partial charge in [-0.15, -0.1) is 0 Å². The summed E-state index contributed by atoms with van der Waals surface area (Å²) in [4.78, 5) is 16.1. The second-order valence-electron chi connectivity index (χ2n) is 5.76. The van der Waals surface area contributed by atoms with E-state index in [9.17, 15) is 18.0 Å². The van der Waals surface area contributed by atoms with Crippen molar-refractivity contribution in [2.75, 3.05) is 7.11 Å². The quantitative estimate of drug-likeness (QED) is 0.738. The number of methoxy groups -OCH3 is 1. The Bertz CT molecular complexity index is 870. The molecule has 1 aliphatic heterocycles. The zero-order valence-corrected chi connectivity index (χ0v) is 13.8. The number of alkyl halides is 3. The second-order valence-corrected chi connectivity index (χ2v) is 5.76. The van der Waals surface area contributed by atoms with E-state index in [0.717, 1.165) is 12.1 Å². The van der Waals surface area contributed by atoms with Crippen LogP contribution in [-0.4, -0.2) is 19.1 Å². The van der Waals surface area contributed by atoms with Crippen LogP contribution in [0.15, 0.2) is 35.3 Å². The largest absolute Gasteiger partial charge is 0.496 e. The molecular formula is C19H16F3NO2. The fourth-order valence-electron chi connectivity index (χ4n) is 2.91. The normalized spacial score (nSPS) is 13.0. The van der Waals surface area contributed by atoms with Crippen LogP contribution in [0.5, 0.6) is 5.75 Å². The average molecular weight is 347 g/mol. The summed E-state index contributed by atoms with van der Waals surface area (Å²) in [6, 6.07) is 7.03. The maximum atomic E-state index is 13.3. The van der Waals surface area contributed by atoms with E-state index < -0.39 is 11.7 Å². The first-order chi connectivity index (χ1) is 11.8. The Balaban J connectivity index is 2.27. The summed E-state index contributed by atoms with van der Waals surface area (Å²) in [5, 5.41) is 0. The lowest BCUT2D eigenvalue weighted by Crippen LogP contribution is -2.07. The molecule has 0 atom stereocenters. The van der Waals surface area contributed by atoms with Gasteiger partial charge in [0.1, 0.15) is 5.75 Å². The summed E-state index contributed by atoms with van der Waals surface area (Å²) < 4.78 is 45.1. The van der Waals surface area contributed by atoms with Crippen LogP contribution >= 0.6 is 0 Å². The molecule has 3 rings (SSSR count). The predicted molar refractivity (Wildman–Crippen MR) is 89.4 cm³/mol. The molecule has 0 spiro atoms. The van der Waals surface area contributed by atoms with E-state index in [-0.39, 0.29) is 12.3 Å². The summed E-state index contributed by atoms with van der Waals surface area (Å²) in [6.45, 7) is 1.95. The van der Waals surface area contributed by atoms with Crippen molar-refractivity contribution < 1.29 is 22.7 Å². The van der Waals surface area contributed by atoms with Crippen LogP contribution < -0.4 is 4.74 Å². The molecule has 0 saturated carbocycles. The Morgan fingerprint density at radius 3 is 2.60 bits per heavy atom. The fourth-order valence-corrected chi connectivity index (χ4v) is 2.91. The van der Waals surface area contributed by atoms with Gasteiger partial charge in [-0.1, -0.05) is 6.92 Å². The minimum atomic E-state index is -4.46. The molecule has 0 unspecified atom stereocenters. The molecule has 0 bridgehead atoms. The van der Waals surface area contributed by atoms with Crippen molar-refractivity contribution in [3.05, 3.63) is 52.6 Å². The lowest BCUT2D eigenvalue weighted by Gasteiger charge is -2.16. The summed E-state index contributed by atoms with van der Waals surface area (Å²) in [7, 11) is 1.45. The Hall–Kier alpha value is -2.63. The number of ether oxygens (including phenoxy) is 1. The molecule has 2 aromatic carbocycles. The first-order valence-electron chi connectivity index (χ1n) is 7.80. The second kappa shape index (κ2) is 6.35. The number of hydrogen-bond donors (Lipinski definition) is 0. The molecule has 0 amide bonds. The molecule has 0 N–H and O–H groups in total. The molecular weight excluding hydrogens is 331 g/mol. The topological polar surface area (TPSA) is 38.7 Å². The minimum absolute atomic E-state index is 0.0822. The fraction of sp³-hybridized carbons (Fsp3) is 0.263. The number of carbonyl (C=O) groups is 1. The lowest BCUT2D eigenvalue weighted by atomic mass is 9.92. The van der Waals surface area contributed by atoms with Crippen LogP contribution in [0.25, 0.3) is 11.1 Å². The van der Waals surface area contributed by atoms with Crippen molar-refractivity contribution in [2.24, 2.45) is 4.99 Å². The van der Waals surface area contributed by atoms with Crippen molar-refractivity contribution in [3.63, 3.8) is 0 Å². The third-order valence-corrected chi connectivity index (χ3v) is 4.21. The standard InChI is InChI=1S/C19H16F3NO2/c1-3-17(24)11-4-5-18(25-2)15(7-11)14-8-13(19(20,21)22)6-12-9-23-10-16(12)14/h4-8,10H,3,9H2,1-2H3. The zero-order chi connectivity index (χ0) is 18.2. The highest BCUT2D eigenvalue weighted by molar-refractivity contribution is 6.00. The molecule has 0 aliphatic carbocycles. The molecule has 3 nitrogen and oxygen atoms in total. The molecule has 1 heterocycles. The number of fused-ring (bicyclic) bond motifs is 1. The summed E-state index contributed by atoms with van der Waals surface area (Å²) in [5.74, 6) is 0.329. The molecule has 25 heavy (non-hydrogen) atoms. The molecule has 2 aromatic rings. The number of rotatable bonds is 4. The number of carbonyl (C=O) groups excluding carboxylic acids is 1. The van der Waals surface area contributed by atoms with Gasteiger partial charge in [-0.2, -0.15) is 13.2 Å². The molecule has 0 radical (unpaired) electrons. The number of benzene rings is 2. The van der Waals surface area contributed by atoms with Gasteiger partial charge in [0.2, 0.25) is 0 Å². The smallest absolute Gasteiger partial charge is 0.416 e. The summed E-state index contributed by atoms with van der Waals surface area (Å²) >= 11 is 0. The number of Topliss-reactive ketones (excluding diaryl/α,β-unsaturated/α-hetero) is 1. The number of halogens is 3. The summed E-state index contributed by atoms with van der Waals surface area (Å²) in [5.41, 5.74) is 1.68. The van der Waals surface area contributed by atoms with Gasteiger partial charge in [0, 0.05) is 29.3 Å². The highest BCUT2D eigenvalue weighted by Crippen LogP contribution is 2.40. The van der Waals surface area contributed by atoms with Gasteiger partial charge >= 0.3 is 6.18 Å². The van der Waals surface area contributed by atoms with E-state index in [1.807, 2.05) is 0 Å². The van der Waals surface area contributed by atoms with Crippen LogP contribution in [0.1, 0.15) is 40.4 Å². The molecule has 6 heteroatoms. The van der Waals surface area contributed by atoms with Crippen LogP contribution in [0, 0.1) is 0 Å². The third-order valence-electron chi connectivity index (χ3n) is 4.21. The van der Waals surface area contributed by atoms with Crippen LogP contribution in [-0.2, 0) is 12.7 Å². The maximum absolute atomic E-state index is 13.3. The average Bonchev–Trinajstić information content (AvgIpc) is 3.07. The first-order valence-corrected chi connectivity index (χ1v) is 7.80. The van der Waals surface area contributed by atoms with Crippen molar-refractivity contribution in [1.29, 1.82) is 0 Å². The number of hydrogen-bond acceptors (Lipinski definition) is 3. The van der Waals surface area contributed by atoms with E-state index in [1.54, 1.807) is 31.3 Å². The molecule has 130 valence electrons. The Morgan fingerprint density at radius 1 is 1.20 bits per heavy atom. The van der Waals surface area contributed by atoms with Crippen molar-refractivity contribution in [3.8, 4) is 16.9 Å². The highest BCUT2D eigenvalue weighted by Gasteiger charge is 2.33. The van der Waals surface area contributed by atoms with Crippen molar-refractivity contribution >= 4 is 12.0 Å². The van der Waals surface area contributed by atoms with Crippen LogP contribution in [0.4, 0.5) is 13.2 Å². The van der Waals surface area contributed by atoms with Gasteiger partial charge in [0.25, 0.3) is 0 Å². The third kappa shape index (κ3) is 3.16. The maximum Gasteiger partial charge on any atom is 0.416 e. The zero-order valence-electron chi connectivity index (χ0n) is 13.8. The van der Waals surface area contributed by atoms with Crippen molar-refractivity contribution in [1.82, 2.24) is 0 Å². The Kier molecular flexibility index (Phi) is 4.37.